The van der Waals surface area contributed by atoms with Gasteiger partial charge in [0, 0.05) is 12.2 Å². The third-order valence-corrected chi connectivity index (χ3v) is 4.39. The number of hydrogen-bond donors (Lipinski definition) is 2. The molecule has 23 heavy (non-hydrogen) atoms. The Morgan fingerprint density at radius 2 is 2.00 bits per heavy atom. The molecule has 0 aliphatic carbocycles. The normalized spacial score (nSPS) is 22.2. The number of benzene rings is 1. The minimum atomic E-state index is -1.33. The predicted octanol–water partition coefficient (Wildman–Crippen LogP) is -4.77. The molecule has 0 bridgehead atoms. The Hall–Kier alpha value is -0.424. The summed E-state index contributed by atoms with van der Waals surface area (Å²) in [5.74, 6) is -2.95. The second-order valence-electron chi connectivity index (χ2n) is 4.76. The van der Waals surface area contributed by atoms with Crippen LogP contribution in [0.2, 0.25) is 0 Å². The van der Waals surface area contributed by atoms with Gasteiger partial charge in [-0.2, -0.15) is 0 Å². The zero-order chi connectivity index (χ0) is 16.1. The van der Waals surface area contributed by atoms with Gasteiger partial charge in [0.15, 0.2) is 6.04 Å². The Morgan fingerprint density at radius 3 is 2.52 bits per heavy atom. The number of carbonyl (C=O) groups excluding carboxylic acids is 1. The van der Waals surface area contributed by atoms with Gasteiger partial charge in [0.05, 0.1) is 17.4 Å². The van der Waals surface area contributed by atoms with Gasteiger partial charge in [0.2, 0.25) is 0 Å². The molecule has 2 N–H and O–H groups in total. The maximum Gasteiger partial charge on any atom is 1.00 e. The van der Waals surface area contributed by atoms with Crippen LogP contribution in [0, 0.1) is 0 Å². The number of aliphatic carboxylic acids is 2. The first-order chi connectivity index (χ1) is 10.5. The molecule has 0 unspecified atom stereocenters. The van der Waals surface area contributed by atoms with Gasteiger partial charge in [-0.3, -0.25) is 10.3 Å². The molecule has 0 aromatic heterocycles. The molecule has 1 saturated heterocycles. The summed E-state index contributed by atoms with van der Waals surface area (Å²) in [5.41, 5.74) is 0.736. The zero-order valence-electron chi connectivity index (χ0n) is 12.5. The van der Waals surface area contributed by atoms with E-state index in [-0.39, 0.29) is 63.6 Å². The van der Waals surface area contributed by atoms with Gasteiger partial charge in [-0.05, 0) is 11.5 Å². The monoisotopic (exact) mass is 361 g/mol. The first-order valence-electron chi connectivity index (χ1n) is 6.56. The average molecular weight is 361 g/mol. The first-order valence-corrected chi connectivity index (χ1v) is 7.61. The first kappa shape index (κ1) is 20.6. The molecule has 0 spiro atoms. The summed E-state index contributed by atoms with van der Waals surface area (Å²) in [6.07, 6.45) is 0.00587. The van der Waals surface area contributed by atoms with Gasteiger partial charge < -0.3 is 20.1 Å². The van der Waals surface area contributed by atoms with Crippen LogP contribution in [0.25, 0.3) is 0 Å². The van der Waals surface area contributed by atoms with Crippen LogP contribution >= 0.6 is 11.8 Å². The number of hydrogen-bond acceptors (Lipinski definition) is 7. The van der Waals surface area contributed by atoms with Crippen LogP contribution in [0.3, 0.4) is 0 Å². The predicted molar refractivity (Wildman–Crippen MR) is 77.2 cm³/mol. The number of nitrogens with one attached hydrogen (secondary N) is 1. The summed E-state index contributed by atoms with van der Waals surface area (Å²) in [7, 11) is 0. The van der Waals surface area contributed by atoms with Crippen LogP contribution in [0.4, 0.5) is 0 Å². The smallest absolute Gasteiger partial charge is 0.862 e. The van der Waals surface area contributed by atoms with Crippen LogP contribution in [-0.2, 0) is 16.0 Å². The van der Waals surface area contributed by atoms with Crippen molar-refractivity contribution >= 4 is 29.6 Å². The third-order valence-electron chi connectivity index (χ3n) is 3.11. The van der Waals surface area contributed by atoms with Crippen LogP contribution in [0.1, 0.15) is 5.56 Å². The second-order valence-corrected chi connectivity index (χ2v) is 5.94. The van der Waals surface area contributed by atoms with Crippen LogP contribution in [0.15, 0.2) is 35.3 Å². The minimum absolute atomic E-state index is 0. The van der Waals surface area contributed by atoms with Crippen LogP contribution < -0.4 is 66.9 Å². The quantitative estimate of drug-likeness (QED) is 0.296. The van der Waals surface area contributed by atoms with E-state index in [4.69, 9.17) is 0 Å². The maximum atomic E-state index is 11.9. The molecule has 1 heterocycles. The van der Waals surface area contributed by atoms with Crippen molar-refractivity contribution in [3.05, 3.63) is 35.9 Å². The zero-order valence-corrected chi connectivity index (χ0v) is 16.4. The maximum absolute atomic E-state index is 11.9. The van der Waals surface area contributed by atoms with Gasteiger partial charge >= 0.3 is 57.4 Å². The standard InChI is InChI=1S/C14H16N2O5S.K/c17-10(6-8-4-2-1-3-5-8)16-11(14(20)21)12-15-9(7-22-12)13(18)19;/h1-5,9,11-12,15H,6-7H2,(H,16,17)(H,18,19)(H,20,21);/q;+1/p-2/t9-,11+,12-;/m1./s1. The summed E-state index contributed by atoms with van der Waals surface area (Å²) in [5, 5.41) is 33.7. The molecule has 0 amide bonds. The molecule has 1 aliphatic heterocycles. The SMILES string of the molecule is O=C(O)[C@@H](N=C([O-])Cc1ccccc1)[C@@H]1N[C@@H](C(=O)[O-])CS1.[K+]. The third kappa shape index (κ3) is 6.18. The van der Waals surface area contributed by atoms with E-state index in [9.17, 15) is 24.9 Å². The number of thioether (sulfide) groups is 1. The second kappa shape index (κ2) is 9.77. The minimum Gasteiger partial charge on any atom is -0.862 e. The summed E-state index contributed by atoms with van der Waals surface area (Å²) in [6.45, 7) is 0. The van der Waals surface area contributed by atoms with Crippen LogP contribution in [0.5, 0.6) is 0 Å². The Balaban J connectivity index is 0.00000264. The number of aliphatic imine (C=N–C) groups is 1. The van der Waals surface area contributed by atoms with Crippen molar-refractivity contribution in [1.82, 2.24) is 5.32 Å². The van der Waals surface area contributed by atoms with E-state index in [1.165, 1.54) is 0 Å². The fraction of sp³-hybridized carbons (Fsp3) is 0.357. The largest absolute Gasteiger partial charge is 1.00 e. The number of carboxylic acid groups (broad SMARTS) is 2. The Labute approximate surface area is 180 Å². The molecule has 2 rings (SSSR count). The van der Waals surface area contributed by atoms with Crippen molar-refractivity contribution in [3.63, 3.8) is 0 Å². The summed E-state index contributed by atoms with van der Waals surface area (Å²) in [4.78, 5) is 25.8. The van der Waals surface area contributed by atoms with E-state index in [1.807, 2.05) is 6.07 Å². The summed E-state index contributed by atoms with van der Waals surface area (Å²) < 4.78 is 0. The van der Waals surface area contributed by atoms with Crippen molar-refractivity contribution in [1.29, 1.82) is 0 Å². The molecule has 1 aromatic rings. The van der Waals surface area contributed by atoms with Gasteiger partial charge in [-0.25, -0.2) is 4.79 Å². The molecule has 1 fully saturated rings. The fourth-order valence-corrected chi connectivity index (χ4v) is 3.29. The molecular formula is C14H14KN2O5S-. The van der Waals surface area contributed by atoms with E-state index in [1.54, 1.807) is 24.3 Å². The fourth-order valence-electron chi connectivity index (χ4n) is 2.04. The van der Waals surface area contributed by atoms with E-state index >= 15 is 0 Å². The van der Waals surface area contributed by atoms with E-state index < -0.39 is 35.3 Å². The molecule has 118 valence electrons. The van der Waals surface area contributed by atoms with Gasteiger partial charge in [-0.15, -0.1) is 11.8 Å². The van der Waals surface area contributed by atoms with Crippen molar-refractivity contribution in [2.24, 2.45) is 4.99 Å². The van der Waals surface area contributed by atoms with E-state index in [2.05, 4.69) is 10.3 Å². The Bertz CT molecular complexity index is 584. The van der Waals surface area contributed by atoms with Crippen molar-refractivity contribution in [2.45, 2.75) is 23.9 Å². The molecule has 1 aliphatic rings. The molecular weight excluding hydrogens is 347 g/mol. The van der Waals surface area contributed by atoms with Crippen molar-refractivity contribution < 1.29 is 76.3 Å². The topological polar surface area (TPSA) is 125 Å². The van der Waals surface area contributed by atoms with E-state index in [0.717, 1.165) is 17.3 Å². The Kier molecular flexibility index (Phi) is 8.76. The van der Waals surface area contributed by atoms with E-state index in [0.29, 0.717) is 0 Å². The molecule has 1 aromatic carbocycles. The number of carboxylic acids is 2. The average Bonchev–Trinajstić information content (AvgIpc) is 2.95. The Morgan fingerprint density at radius 1 is 1.35 bits per heavy atom. The molecule has 0 saturated carbocycles. The van der Waals surface area contributed by atoms with Gasteiger partial charge in [-0.1, -0.05) is 30.3 Å². The molecule has 7 nitrogen and oxygen atoms in total. The summed E-state index contributed by atoms with van der Waals surface area (Å²) in [6, 6.07) is 6.59. The number of nitrogens with zero attached hydrogens (tertiary/aromatic N) is 1. The van der Waals surface area contributed by atoms with Gasteiger partial charge in [0.25, 0.3) is 0 Å². The number of carbonyl (C=O) groups is 2. The molecule has 0 radical (unpaired) electrons. The van der Waals surface area contributed by atoms with Crippen molar-refractivity contribution in [3.8, 4) is 0 Å². The van der Waals surface area contributed by atoms with Crippen LogP contribution in [-0.4, -0.2) is 46.2 Å². The molecule has 9 heteroatoms. The molecule has 3 atom stereocenters. The van der Waals surface area contributed by atoms with Gasteiger partial charge in [0.1, 0.15) is 0 Å². The van der Waals surface area contributed by atoms with Crippen molar-refractivity contribution in [2.75, 3.05) is 5.75 Å². The summed E-state index contributed by atoms with van der Waals surface area (Å²) >= 11 is 1.10. The number of rotatable bonds is 6.